The number of aromatic nitrogens is 1. The summed E-state index contributed by atoms with van der Waals surface area (Å²) in [6.07, 6.45) is 2.15. The number of carbonyl (C=O) groups excluding carboxylic acids is 1. The monoisotopic (exact) mass is 289 g/mol. The van der Waals surface area contributed by atoms with Crippen molar-refractivity contribution in [2.45, 2.75) is 9.92 Å². The first-order valence-corrected chi connectivity index (χ1v) is 6.47. The number of ketones is 1. The van der Waals surface area contributed by atoms with Crippen LogP contribution in [0.1, 0.15) is 10.4 Å². The van der Waals surface area contributed by atoms with Crippen LogP contribution in [0.5, 0.6) is 0 Å². The van der Waals surface area contributed by atoms with Crippen LogP contribution in [0.15, 0.2) is 64.4 Å². The Morgan fingerprint density at radius 3 is 2.50 bits per heavy atom. The van der Waals surface area contributed by atoms with E-state index >= 15 is 0 Å². The Labute approximate surface area is 119 Å². The fourth-order valence-corrected chi connectivity index (χ4v) is 2.31. The van der Waals surface area contributed by atoms with Gasteiger partial charge in [-0.3, -0.25) is 4.79 Å². The molecule has 1 heterocycles. The number of aromatic amines is 1. The van der Waals surface area contributed by atoms with E-state index in [4.69, 9.17) is 10.2 Å². The van der Waals surface area contributed by atoms with E-state index in [1.54, 1.807) is 6.07 Å². The standard InChI is InChI=1S/C14H11NO4S/c16-11(7-12(17)14(18)19)9-6-13(15-8-9)20-10-4-2-1-3-5-10/h1-8,15,17H,(H,18,19). The lowest BCUT2D eigenvalue weighted by atomic mass is 10.2. The largest absolute Gasteiger partial charge is 0.502 e. The molecule has 1 aromatic carbocycles. The maximum absolute atomic E-state index is 11.7. The molecule has 0 aliphatic carbocycles. The van der Waals surface area contributed by atoms with Crippen LogP contribution in [0.4, 0.5) is 0 Å². The first-order chi connectivity index (χ1) is 9.56. The van der Waals surface area contributed by atoms with Crippen LogP contribution in [-0.2, 0) is 4.79 Å². The van der Waals surface area contributed by atoms with Crippen LogP contribution < -0.4 is 0 Å². The number of hydrogen-bond acceptors (Lipinski definition) is 4. The molecule has 2 rings (SSSR count). The van der Waals surface area contributed by atoms with Crippen molar-refractivity contribution >= 4 is 23.5 Å². The molecule has 0 unspecified atom stereocenters. The number of aliphatic hydroxyl groups excluding tert-OH is 1. The number of aliphatic carboxylic acids is 1. The third-order valence-corrected chi connectivity index (χ3v) is 3.36. The SMILES string of the molecule is O=C(O)C(O)=CC(=O)c1c[nH]c(Sc2ccccc2)c1. The van der Waals surface area contributed by atoms with Gasteiger partial charge in [0.1, 0.15) is 0 Å². The van der Waals surface area contributed by atoms with Gasteiger partial charge in [-0.05, 0) is 18.2 Å². The fourth-order valence-electron chi connectivity index (χ4n) is 1.46. The summed E-state index contributed by atoms with van der Waals surface area (Å²) in [6.45, 7) is 0. The van der Waals surface area contributed by atoms with E-state index in [9.17, 15) is 9.59 Å². The summed E-state index contributed by atoms with van der Waals surface area (Å²) in [5, 5.41) is 18.3. The van der Waals surface area contributed by atoms with Gasteiger partial charge in [-0.2, -0.15) is 0 Å². The summed E-state index contributed by atoms with van der Waals surface area (Å²) in [5.41, 5.74) is 0.288. The summed E-state index contributed by atoms with van der Waals surface area (Å²) in [4.78, 5) is 26.1. The number of carboxylic acid groups (broad SMARTS) is 1. The normalized spacial score (nSPS) is 11.3. The van der Waals surface area contributed by atoms with Gasteiger partial charge in [0.05, 0.1) is 5.03 Å². The molecule has 0 saturated carbocycles. The molecule has 0 bridgehead atoms. The Hall–Kier alpha value is -2.47. The summed E-state index contributed by atoms with van der Waals surface area (Å²) in [7, 11) is 0. The highest BCUT2D eigenvalue weighted by molar-refractivity contribution is 7.99. The zero-order valence-corrected chi connectivity index (χ0v) is 11.1. The summed E-state index contributed by atoms with van der Waals surface area (Å²) in [5.74, 6) is -3.08. The highest BCUT2D eigenvalue weighted by Crippen LogP contribution is 2.26. The van der Waals surface area contributed by atoms with E-state index in [-0.39, 0.29) is 5.56 Å². The maximum Gasteiger partial charge on any atom is 0.371 e. The van der Waals surface area contributed by atoms with Crippen molar-refractivity contribution in [1.29, 1.82) is 0 Å². The third kappa shape index (κ3) is 3.52. The Bertz CT molecular complexity index is 661. The predicted octanol–water partition coefficient (Wildman–Crippen LogP) is 2.88. The van der Waals surface area contributed by atoms with Crippen LogP contribution in [-0.4, -0.2) is 26.9 Å². The third-order valence-electron chi connectivity index (χ3n) is 2.40. The van der Waals surface area contributed by atoms with E-state index in [1.807, 2.05) is 30.3 Å². The number of carbonyl (C=O) groups is 2. The van der Waals surface area contributed by atoms with Gasteiger partial charge >= 0.3 is 5.97 Å². The lowest BCUT2D eigenvalue weighted by Gasteiger charge is -1.96. The van der Waals surface area contributed by atoms with E-state index in [1.165, 1.54) is 18.0 Å². The summed E-state index contributed by atoms with van der Waals surface area (Å²) >= 11 is 1.44. The molecule has 1 aromatic heterocycles. The molecular weight excluding hydrogens is 278 g/mol. The highest BCUT2D eigenvalue weighted by atomic mass is 32.2. The Balaban J connectivity index is 2.11. The van der Waals surface area contributed by atoms with Crippen LogP contribution in [0, 0.1) is 0 Å². The molecule has 20 heavy (non-hydrogen) atoms. The average molecular weight is 289 g/mol. The van der Waals surface area contributed by atoms with Gasteiger partial charge in [0.15, 0.2) is 5.78 Å². The molecule has 0 radical (unpaired) electrons. The van der Waals surface area contributed by atoms with E-state index < -0.39 is 17.5 Å². The molecule has 0 amide bonds. The van der Waals surface area contributed by atoms with Gasteiger partial charge in [-0.15, -0.1) is 0 Å². The molecule has 0 fully saturated rings. The van der Waals surface area contributed by atoms with Crippen LogP contribution in [0.3, 0.4) is 0 Å². The zero-order chi connectivity index (χ0) is 14.5. The minimum atomic E-state index is -1.53. The molecule has 0 atom stereocenters. The average Bonchev–Trinajstić information content (AvgIpc) is 2.88. The second-order valence-electron chi connectivity index (χ2n) is 3.87. The maximum atomic E-state index is 11.7. The Morgan fingerprint density at radius 2 is 1.85 bits per heavy atom. The lowest BCUT2D eigenvalue weighted by molar-refractivity contribution is -0.135. The molecule has 0 aliphatic rings. The van der Waals surface area contributed by atoms with Crippen LogP contribution >= 0.6 is 11.8 Å². The minimum absolute atomic E-state index is 0.288. The molecule has 2 aromatic rings. The van der Waals surface area contributed by atoms with E-state index in [0.29, 0.717) is 6.08 Å². The summed E-state index contributed by atoms with van der Waals surface area (Å²) in [6, 6.07) is 11.2. The van der Waals surface area contributed by atoms with Crippen molar-refractivity contribution in [2.75, 3.05) is 0 Å². The number of rotatable bonds is 5. The number of benzene rings is 1. The molecule has 3 N–H and O–H groups in total. The van der Waals surface area contributed by atoms with Gasteiger partial charge < -0.3 is 15.2 Å². The van der Waals surface area contributed by atoms with Crippen molar-refractivity contribution in [3.63, 3.8) is 0 Å². The molecule has 0 saturated heterocycles. The number of allylic oxidation sites excluding steroid dienone is 1. The van der Waals surface area contributed by atoms with Gasteiger partial charge in [0, 0.05) is 22.7 Å². The highest BCUT2D eigenvalue weighted by Gasteiger charge is 2.11. The smallest absolute Gasteiger partial charge is 0.371 e. The van der Waals surface area contributed by atoms with Crippen LogP contribution in [0.25, 0.3) is 0 Å². The molecule has 6 heteroatoms. The number of aliphatic hydroxyl groups is 1. The van der Waals surface area contributed by atoms with Gasteiger partial charge in [0.25, 0.3) is 0 Å². The first kappa shape index (κ1) is 14.0. The Morgan fingerprint density at radius 1 is 1.15 bits per heavy atom. The second kappa shape index (κ2) is 6.12. The number of hydrogen-bond donors (Lipinski definition) is 3. The van der Waals surface area contributed by atoms with E-state index in [0.717, 1.165) is 9.92 Å². The molecule has 0 spiro atoms. The number of nitrogens with one attached hydrogen (secondary N) is 1. The predicted molar refractivity (Wildman–Crippen MR) is 74.0 cm³/mol. The topological polar surface area (TPSA) is 90.4 Å². The second-order valence-corrected chi connectivity index (χ2v) is 4.98. The fraction of sp³-hybridized carbons (Fsp3) is 0. The van der Waals surface area contributed by atoms with Crippen molar-refractivity contribution in [2.24, 2.45) is 0 Å². The lowest BCUT2D eigenvalue weighted by Crippen LogP contribution is -2.03. The Kier molecular flexibility index (Phi) is 4.27. The van der Waals surface area contributed by atoms with Crippen LogP contribution in [0.2, 0.25) is 0 Å². The number of H-pyrrole nitrogens is 1. The summed E-state index contributed by atoms with van der Waals surface area (Å²) < 4.78 is 0. The zero-order valence-electron chi connectivity index (χ0n) is 10.2. The van der Waals surface area contributed by atoms with Crippen molar-refractivity contribution in [1.82, 2.24) is 4.98 Å². The number of carboxylic acids is 1. The van der Waals surface area contributed by atoms with Gasteiger partial charge in [0.2, 0.25) is 5.76 Å². The van der Waals surface area contributed by atoms with Gasteiger partial charge in [-0.1, -0.05) is 30.0 Å². The van der Waals surface area contributed by atoms with Crippen molar-refractivity contribution < 1.29 is 19.8 Å². The molecule has 5 nitrogen and oxygen atoms in total. The van der Waals surface area contributed by atoms with Crippen molar-refractivity contribution in [3.05, 3.63) is 60.0 Å². The first-order valence-electron chi connectivity index (χ1n) is 5.66. The quantitative estimate of drug-likeness (QED) is 0.447. The molecular formula is C14H11NO4S. The van der Waals surface area contributed by atoms with E-state index in [2.05, 4.69) is 4.98 Å². The van der Waals surface area contributed by atoms with Crippen molar-refractivity contribution in [3.8, 4) is 0 Å². The minimum Gasteiger partial charge on any atom is -0.502 e. The molecule has 102 valence electrons. The van der Waals surface area contributed by atoms with Gasteiger partial charge in [-0.25, -0.2) is 4.79 Å². The molecule has 0 aliphatic heterocycles.